The molecule has 0 aliphatic rings. The summed E-state index contributed by atoms with van der Waals surface area (Å²) in [5.41, 5.74) is -0.0962. The predicted octanol–water partition coefficient (Wildman–Crippen LogP) is 2.23. The molecule has 1 rings (SSSR count). The molecule has 98 valence electrons. The van der Waals surface area contributed by atoms with Gasteiger partial charge < -0.3 is 9.47 Å². The second kappa shape index (κ2) is 5.52. The van der Waals surface area contributed by atoms with Crippen LogP contribution in [-0.2, 0) is 4.74 Å². The third-order valence-corrected chi connectivity index (χ3v) is 1.95. The Morgan fingerprint density at radius 3 is 2.56 bits per heavy atom. The fourth-order valence-corrected chi connectivity index (χ4v) is 1.18. The molecular weight excluding hydrogens is 253 g/mol. The van der Waals surface area contributed by atoms with Gasteiger partial charge in [0.25, 0.3) is 0 Å². The first kappa shape index (κ1) is 14.0. The molecule has 0 atom stereocenters. The SMILES string of the molecule is COC(=O)c1ccc(OCC(F)(F)F)c(C=O)c1. The van der Waals surface area contributed by atoms with Crippen LogP contribution >= 0.6 is 0 Å². The van der Waals surface area contributed by atoms with Crippen LogP contribution < -0.4 is 4.74 Å². The summed E-state index contributed by atoms with van der Waals surface area (Å²) in [5.74, 6) is -0.935. The van der Waals surface area contributed by atoms with Gasteiger partial charge in [-0.2, -0.15) is 13.2 Å². The molecule has 1 aromatic carbocycles. The summed E-state index contributed by atoms with van der Waals surface area (Å²) in [6, 6.07) is 3.43. The zero-order valence-corrected chi connectivity index (χ0v) is 9.28. The lowest BCUT2D eigenvalue weighted by molar-refractivity contribution is -0.153. The van der Waals surface area contributed by atoms with Crippen LogP contribution in [0.25, 0.3) is 0 Å². The Bertz CT molecular complexity index is 454. The second-order valence-electron chi connectivity index (χ2n) is 3.27. The average molecular weight is 262 g/mol. The minimum Gasteiger partial charge on any atom is -0.483 e. The summed E-state index contributed by atoms with van der Waals surface area (Å²) in [6.45, 7) is -1.51. The third kappa shape index (κ3) is 3.76. The largest absolute Gasteiger partial charge is 0.483 e. The van der Waals surface area contributed by atoms with E-state index in [-0.39, 0.29) is 16.9 Å². The lowest BCUT2D eigenvalue weighted by Gasteiger charge is -2.11. The van der Waals surface area contributed by atoms with E-state index in [1.165, 1.54) is 6.07 Å². The van der Waals surface area contributed by atoms with Crippen molar-refractivity contribution >= 4 is 12.3 Å². The minimum absolute atomic E-state index is 0.0546. The van der Waals surface area contributed by atoms with E-state index in [1.54, 1.807) is 0 Å². The van der Waals surface area contributed by atoms with Crippen molar-refractivity contribution in [3.05, 3.63) is 29.3 Å². The summed E-state index contributed by atoms with van der Waals surface area (Å²) >= 11 is 0. The maximum Gasteiger partial charge on any atom is 0.422 e. The van der Waals surface area contributed by atoms with Crippen LogP contribution in [0.4, 0.5) is 13.2 Å². The average Bonchev–Trinajstić information content (AvgIpc) is 2.34. The van der Waals surface area contributed by atoms with E-state index in [1.807, 2.05) is 0 Å². The first-order chi connectivity index (χ1) is 8.37. The van der Waals surface area contributed by atoms with Gasteiger partial charge in [0.2, 0.25) is 0 Å². The van der Waals surface area contributed by atoms with Crippen LogP contribution in [0.2, 0.25) is 0 Å². The van der Waals surface area contributed by atoms with E-state index in [2.05, 4.69) is 9.47 Å². The summed E-state index contributed by atoms with van der Waals surface area (Å²) in [7, 11) is 1.15. The Kier molecular flexibility index (Phi) is 4.30. The lowest BCUT2D eigenvalue weighted by Crippen LogP contribution is -2.19. The molecule has 0 amide bonds. The number of halogens is 3. The maximum absolute atomic E-state index is 12.0. The van der Waals surface area contributed by atoms with Gasteiger partial charge in [-0.05, 0) is 18.2 Å². The number of benzene rings is 1. The van der Waals surface area contributed by atoms with Gasteiger partial charge in [0.1, 0.15) is 5.75 Å². The monoisotopic (exact) mass is 262 g/mol. The van der Waals surface area contributed by atoms with E-state index >= 15 is 0 Å². The van der Waals surface area contributed by atoms with Crippen molar-refractivity contribution < 1.29 is 32.2 Å². The van der Waals surface area contributed by atoms with E-state index in [9.17, 15) is 22.8 Å². The van der Waals surface area contributed by atoms with Crippen molar-refractivity contribution in [2.45, 2.75) is 6.18 Å². The van der Waals surface area contributed by atoms with Crippen LogP contribution in [-0.4, -0.2) is 32.1 Å². The molecule has 4 nitrogen and oxygen atoms in total. The van der Waals surface area contributed by atoms with E-state index in [0.29, 0.717) is 6.29 Å². The molecule has 7 heteroatoms. The van der Waals surface area contributed by atoms with Crippen LogP contribution in [0.5, 0.6) is 5.75 Å². The standard InChI is InChI=1S/C11H9F3O4/c1-17-10(16)7-2-3-9(8(4-7)5-15)18-6-11(12,13)14/h2-5H,6H2,1H3. The van der Waals surface area contributed by atoms with Crippen LogP contribution in [0.1, 0.15) is 20.7 Å². The molecule has 0 aromatic heterocycles. The second-order valence-corrected chi connectivity index (χ2v) is 3.27. The molecule has 0 heterocycles. The van der Waals surface area contributed by atoms with Crippen molar-refractivity contribution in [3.8, 4) is 5.75 Å². The van der Waals surface area contributed by atoms with Gasteiger partial charge in [0.15, 0.2) is 12.9 Å². The lowest BCUT2D eigenvalue weighted by atomic mass is 10.1. The number of carbonyl (C=O) groups is 2. The number of methoxy groups -OCH3 is 1. The number of rotatable bonds is 4. The van der Waals surface area contributed by atoms with Crippen LogP contribution in [0.3, 0.4) is 0 Å². The van der Waals surface area contributed by atoms with Crippen molar-refractivity contribution in [1.82, 2.24) is 0 Å². The Morgan fingerprint density at radius 1 is 1.39 bits per heavy atom. The Morgan fingerprint density at radius 2 is 2.06 bits per heavy atom. The summed E-state index contributed by atoms with van der Waals surface area (Å²) in [6.07, 6.45) is -4.20. The molecule has 0 N–H and O–H groups in total. The van der Waals surface area contributed by atoms with Gasteiger partial charge in [-0.3, -0.25) is 4.79 Å². The molecule has 0 fully saturated rings. The van der Waals surface area contributed by atoms with Gasteiger partial charge >= 0.3 is 12.1 Å². The van der Waals surface area contributed by atoms with Crippen LogP contribution in [0.15, 0.2) is 18.2 Å². The molecule has 1 aromatic rings. The molecule has 0 aliphatic carbocycles. The normalized spacial score (nSPS) is 10.9. The quantitative estimate of drug-likeness (QED) is 0.616. The number of hydrogen-bond donors (Lipinski definition) is 0. The van der Waals surface area contributed by atoms with Crippen molar-refractivity contribution in [1.29, 1.82) is 0 Å². The number of ether oxygens (including phenoxy) is 2. The molecular formula is C11H9F3O4. The van der Waals surface area contributed by atoms with Crippen molar-refractivity contribution in [2.75, 3.05) is 13.7 Å². The first-order valence-electron chi connectivity index (χ1n) is 4.74. The van der Waals surface area contributed by atoms with Gasteiger partial charge in [0, 0.05) is 0 Å². The van der Waals surface area contributed by atoms with E-state index in [0.717, 1.165) is 19.2 Å². The smallest absolute Gasteiger partial charge is 0.422 e. The Labute approximate surface area is 100 Å². The summed E-state index contributed by atoms with van der Waals surface area (Å²) < 4.78 is 44.7. The minimum atomic E-state index is -4.50. The fraction of sp³-hybridized carbons (Fsp3) is 0.273. The first-order valence-corrected chi connectivity index (χ1v) is 4.74. The van der Waals surface area contributed by atoms with Crippen molar-refractivity contribution in [2.24, 2.45) is 0 Å². The maximum atomic E-state index is 12.0. The Hall–Kier alpha value is -2.05. The molecule has 0 aliphatic heterocycles. The predicted molar refractivity (Wildman–Crippen MR) is 54.7 cm³/mol. The van der Waals surface area contributed by atoms with Gasteiger partial charge in [-0.15, -0.1) is 0 Å². The van der Waals surface area contributed by atoms with E-state index < -0.39 is 18.8 Å². The molecule has 0 saturated carbocycles. The number of alkyl halides is 3. The molecule has 0 bridgehead atoms. The van der Waals surface area contributed by atoms with Crippen LogP contribution in [0, 0.1) is 0 Å². The highest BCUT2D eigenvalue weighted by molar-refractivity contribution is 5.92. The fourth-order valence-electron chi connectivity index (χ4n) is 1.18. The zero-order chi connectivity index (χ0) is 13.8. The molecule has 18 heavy (non-hydrogen) atoms. The van der Waals surface area contributed by atoms with Crippen molar-refractivity contribution in [3.63, 3.8) is 0 Å². The topological polar surface area (TPSA) is 52.6 Å². The summed E-state index contributed by atoms with van der Waals surface area (Å²) in [4.78, 5) is 21.9. The highest BCUT2D eigenvalue weighted by Gasteiger charge is 2.28. The summed E-state index contributed by atoms with van der Waals surface area (Å²) in [5, 5.41) is 0. The molecule has 0 unspecified atom stereocenters. The molecule has 0 radical (unpaired) electrons. The molecule has 0 saturated heterocycles. The Balaban J connectivity index is 2.94. The van der Waals surface area contributed by atoms with Gasteiger partial charge in [-0.25, -0.2) is 4.79 Å². The van der Waals surface area contributed by atoms with Gasteiger partial charge in [0.05, 0.1) is 18.2 Å². The number of aldehydes is 1. The van der Waals surface area contributed by atoms with E-state index in [4.69, 9.17) is 0 Å². The number of carbonyl (C=O) groups excluding carboxylic acids is 2. The third-order valence-electron chi connectivity index (χ3n) is 1.95. The molecule has 0 spiro atoms. The highest BCUT2D eigenvalue weighted by atomic mass is 19.4. The highest BCUT2D eigenvalue weighted by Crippen LogP contribution is 2.22. The number of esters is 1. The van der Waals surface area contributed by atoms with Gasteiger partial charge in [-0.1, -0.05) is 0 Å². The zero-order valence-electron chi connectivity index (χ0n) is 9.28. The number of hydrogen-bond acceptors (Lipinski definition) is 4.